The fourth-order valence-electron chi connectivity index (χ4n) is 3.82. The van der Waals surface area contributed by atoms with Gasteiger partial charge in [0.05, 0.1) is 6.61 Å². The summed E-state index contributed by atoms with van der Waals surface area (Å²) in [7, 11) is 0. The van der Waals surface area contributed by atoms with Gasteiger partial charge in [0.2, 0.25) is 0 Å². The molecule has 1 saturated heterocycles. The van der Waals surface area contributed by atoms with Crippen molar-refractivity contribution in [2.75, 3.05) is 13.2 Å². The van der Waals surface area contributed by atoms with Crippen LogP contribution in [0.2, 0.25) is 0 Å². The second-order valence-electron chi connectivity index (χ2n) is 7.69. The van der Waals surface area contributed by atoms with Gasteiger partial charge < -0.3 is 14.7 Å². The summed E-state index contributed by atoms with van der Waals surface area (Å²) < 4.78 is 6.97. The van der Waals surface area contributed by atoms with Gasteiger partial charge >= 0.3 is 6.09 Å². The van der Waals surface area contributed by atoms with Gasteiger partial charge in [-0.2, -0.15) is 0 Å². The maximum absolute atomic E-state index is 11.5. The average molecular weight is 398 g/mol. The van der Waals surface area contributed by atoms with Crippen LogP contribution in [0.1, 0.15) is 45.6 Å². The van der Waals surface area contributed by atoms with Crippen molar-refractivity contribution in [2.24, 2.45) is 11.3 Å². The lowest BCUT2D eigenvalue weighted by Gasteiger charge is -2.37. The third-order valence-corrected chi connectivity index (χ3v) is 5.71. The number of benzene rings is 1. The molecular weight excluding hydrogens is 370 g/mol. The van der Waals surface area contributed by atoms with Crippen molar-refractivity contribution in [2.45, 2.75) is 53.0 Å². The van der Waals surface area contributed by atoms with Crippen LogP contribution in [0.3, 0.4) is 0 Å². The maximum atomic E-state index is 11.5. The van der Waals surface area contributed by atoms with Crippen LogP contribution in [0.5, 0.6) is 5.75 Å². The Balaban J connectivity index is 1.89. The summed E-state index contributed by atoms with van der Waals surface area (Å²) in [4.78, 5) is 13.1. The van der Waals surface area contributed by atoms with Gasteiger partial charge in [-0.1, -0.05) is 42.8 Å². The van der Waals surface area contributed by atoms with Gasteiger partial charge in [-0.3, -0.25) is 0 Å². The predicted octanol–water partition coefficient (Wildman–Crippen LogP) is 5.33. The Labute approximate surface area is 153 Å². The van der Waals surface area contributed by atoms with Gasteiger partial charge in [0, 0.05) is 22.6 Å². The molecule has 1 amide bonds. The molecule has 1 fully saturated rings. The number of hydrogen-bond donors (Lipinski definition) is 1. The molecule has 0 aliphatic carbocycles. The van der Waals surface area contributed by atoms with Gasteiger partial charge in [-0.25, -0.2) is 4.79 Å². The van der Waals surface area contributed by atoms with Crippen molar-refractivity contribution >= 4 is 22.0 Å². The van der Waals surface area contributed by atoms with E-state index in [9.17, 15) is 9.90 Å². The number of rotatable bonds is 5. The van der Waals surface area contributed by atoms with Gasteiger partial charge in [-0.15, -0.1) is 0 Å². The first-order valence-electron chi connectivity index (χ1n) is 8.59. The van der Waals surface area contributed by atoms with E-state index in [0.29, 0.717) is 19.1 Å². The minimum Gasteiger partial charge on any atom is -0.493 e. The molecule has 0 spiro atoms. The van der Waals surface area contributed by atoms with Crippen LogP contribution in [0, 0.1) is 18.3 Å². The molecule has 5 heteroatoms. The zero-order chi connectivity index (χ0) is 17.9. The number of ether oxygens (including phenoxy) is 1. The highest BCUT2D eigenvalue weighted by molar-refractivity contribution is 9.10. The molecule has 134 valence electrons. The lowest BCUT2D eigenvalue weighted by Crippen LogP contribution is -2.45. The first-order chi connectivity index (χ1) is 11.2. The Morgan fingerprint density at radius 3 is 2.75 bits per heavy atom. The van der Waals surface area contributed by atoms with Crippen LogP contribution in [0.25, 0.3) is 0 Å². The molecule has 0 saturated carbocycles. The highest BCUT2D eigenvalue weighted by Crippen LogP contribution is 2.39. The molecule has 1 aromatic carbocycles. The van der Waals surface area contributed by atoms with E-state index in [1.54, 1.807) is 4.90 Å². The van der Waals surface area contributed by atoms with Crippen molar-refractivity contribution in [1.29, 1.82) is 0 Å². The Morgan fingerprint density at radius 1 is 1.42 bits per heavy atom. The third-order valence-electron chi connectivity index (χ3n) is 4.85. The molecule has 0 radical (unpaired) electrons. The summed E-state index contributed by atoms with van der Waals surface area (Å²) in [6.45, 7) is 9.75. The highest BCUT2D eigenvalue weighted by Gasteiger charge is 2.43. The van der Waals surface area contributed by atoms with E-state index in [2.05, 4.69) is 36.7 Å². The molecule has 4 nitrogen and oxygen atoms in total. The van der Waals surface area contributed by atoms with E-state index in [1.807, 2.05) is 25.1 Å². The minimum absolute atomic E-state index is 0.0404. The monoisotopic (exact) mass is 397 g/mol. The van der Waals surface area contributed by atoms with Crippen LogP contribution in [0.4, 0.5) is 4.79 Å². The lowest BCUT2D eigenvalue weighted by molar-refractivity contribution is 0.0880. The van der Waals surface area contributed by atoms with E-state index in [-0.39, 0.29) is 11.5 Å². The molecule has 1 unspecified atom stereocenters. The predicted molar refractivity (Wildman–Crippen MR) is 99.7 cm³/mol. The van der Waals surface area contributed by atoms with Crippen molar-refractivity contribution in [3.05, 3.63) is 28.2 Å². The summed E-state index contributed by atoms with van der Waals surface area (Å²) in [6.07, 6.45) is 2.10. The van der Waals surface area contributed by atoms with Crippen LogP contribution in [-0.4, -0.2) is 35.3 Å². The van der Waals surface area contributed by atoms with E-state index in [4.69, 9.17) is 4.74 Å². The molecular formula is C19H28BrNO3. The second-order valence-corrected chi connectivity index (χ2v) is 8.54. The van der Waals surface area contributed by atoms with Crippen LogP contribution in [-0.2, 0) is 0 Å². The van der Waals surface area contributed by atoms with E-state index in [1.165, 1.54) is 0 Å². The van der Waals surface area contributed by atoms with Gasteiger partial charge in [0.1, 0.15) is 5.75 Å². The van der Waals surface area contributed by atoms with Crippen molar-refractivity contribution in [3.8, 4) is 5.75 Å². The molecule has 2 atom stereocenters. The minimum atomic E-state index is -0.793. The third kappa shape index (κ3) is 4.44. The Bertz CT molecular complexity index is 582. The van der Waals surface area contributed by atoms with Crippen molar-refractivity contribution < 1.29 is 14.6 Å². The Morgan fingerprint density at radius 2 is 2.12 bits per heavy atom. The van der Waals surface area contributed by atoms with Gasteiger partial charge in [0.25, 0.3) is 0 Å². The summed E-state index contributed by atoms with van der Waals surface area (Å²) in [5.41, 5.74) is 1.07. The summed E-state index contributed by atoms with van der Waals surface area (Å²) in [5, 5.41) is 9.44. The topological polar surface area (TPSA) is 49.8 Å². The number of likely N-dealkylation sites (tertiary alicyclic amines) is 1. The standard InChI is InChI=1S/C19H28BrNO3/c1-13-15(20)8-5-9-16(13)24-12-6-7-14-10-11-21(18(22)23)17(14)19(2,3)4/h5,8-9,14,17H,6-7,10-12H2,1-4H3,(H,22,23)/t14?,17-/m0/s1. The zero-order valence-corrected chi connectivity index (χ0v) is 16.6. The van der Waals surface area contributed by atoms with E-state index >= 15 is 0 Å². The van der Waals surface area contributed by atoms with Crippen molar-refractivity contribution in [1.82, 2.24) is 4.90 Å². The first kappa shape index (κ1) is 19.1. The number of amides is 1. The van der Waals surface area contributed by atoms with Gasteiger partial charge in [0.15, 0.2) is 0 Å². The number of halogens is 1. The fraction of sp³-hybridized carbons (Fsp3) is 0.632. The van der Waals surface area contributed by atoms with E-state index in [0.717, 1.165) is 35.0 Å². The molecule has 24 heavy (non-hydrogen) atoms. The quantitative estimate of drug-likeness (QED) is 0.682. The maximum Gasteiger partial charge on any atom is 0.407 e. The molecule has 1 heterocycles. The smallest absolute Gasteiger partial charge is 0.407 e. The molecule has 2 rings (SSSR count). The van der Waals surface area contributed by atoms with Crippen LogP contribution >= 0.6 is 15.9 Å². The van der Waals surface area contributed by atoms with Crippen LogP contribution in [0.15, 0.2) is 22.7 Å². The molecule has 0 bridgehead atoms. The zero-order valence-electron chi connectivity index (χ0n) is 15.0. The lowest BCUT2D eigenvalue weighted by atomic mass is 9.78. The summed E-state index contributed by atoms with van der Waals surface area (Å²) in [6, 6.07) is 6.06. The summed E-state index contributed by atoms with van der Waals surface area (Å²) >= 11 is 3.52. The normalized spacial score (nSPS) is 21.1. The average Bonchev–Trinajstić information content (AvgIpc) is 2.92. The number of carboxylic acid groups (broad SMARTS) is 1. The SMILES string of the molecule is Cc1c(Br)cccc1OCCCC1CCN(C(=O)O)[C@@H]1C(C)(C)C. The molecule has 1 N–H and O–H groups in total. The number of carbonyl (C=O) groups is 1. The largest absolute Gasteiger partial charge is 0.493 e. The Kier molecular flexibility index (Phi) is 6.18. The number of nitrogens with zero attached hydrogens (tertiary/aromatic N) is 1. The Hall–Kier alpha value is -1.23. The fourth-order valence-corrected chi connectivity index (χ4v) is 4.17. The molecule has 1 aliphatic heterocycles. The number of hydrogen-bond acceptors (Lipinski definition) is 2. The highest BCUT2D eigenvalue weighted by atomic mass is 79.9. The summed E-state index contributed by atoms with van der Waals surface area (Å²) in [5.74, 6) is 1.32. The molecule has 0 aromatic heterocycles. The second kappa shape index (κ2) is 7.77. The van der Waals surface area contributed by atoms with Crippen LogP contribution < -0.4 is 4.74 Å². The molecule has 1 aliphatic rings. The van der Waals surface area contributed by atoms with Crippen molar-refractivity contribution in [3.63, 3.8) is 0 Å². The van der Waals surface area contributed by atoms with E-state index < -0.39 is 6.09 Å². The van der Waals surface area contributed by atoms with Gasteiger partial charge in [-0.05, 0) is 49.7 Å². The molecule has 1 aromatic rings. The first-order valence-corrected chi connectivity index (χ1v) is 9.38.